The summed E-state index contributed by atoms with van der Waals surface area (Å²) in [7, 11) is 0. The van der Waals surface area contributed by atoms with Gasteiger partial charge in [0, 0.05) is 10.2 Å². The average Bonchev–Trinajstić information content (AvgIpc) is 2.25. The van der Waals surface area contributed by atoms with Gasteiger partial charge in [0.05, 0.1) is 4.83 Å². The summed E-state index contributed by atoms with van der Waals surface area (Å²) in [5, 5.41) is 0.481. The van der Waals surface area contributed by atoms with Crippen molar-refractivity contribution in [1.29, 1.82) is 0 Å². The summed E-state index contributed by atoms with van der Waals surface area (Å²) in [6.07, 6.45) is 0. The zero-order valence-electron chi connectivity index (χ0n) is 9.22. The molecule has 0 fully saturated rings. The molecule has 0 bridgehead atoms. The Balaban J connectivity index is 3.13. The van der Waals surface area contributed by atoms with Gasteiger partial charge in [-0.15, -0.1) is 0 Å². The van der Waals surface area contributed by atoms with E-state index in [9.17, 15) is 18.0 Å². The maximum absolute atomic E-state index is 12.3. The van der Waals surface area contributed by atoms with Gasteiger partial charge in [-0.1, -0.05) is 37.9 Å². The van der Waals surface area contributed by atoms with Crippen molar-refractivity contribution in [3.8, 4) is 0 Å². The van der Waals surface area contributed by atoms with Crippen LogP contribution in [-0.4, -0.2) is 11.3 Å². The normalized spacial score (nSPS) is 13.4. The van der Waals surface area contributed by atoms with E-state index in [1.807, 2.05) is 0 Å². The molecule has 1 unspecified atom stereocenters. The van der Waals surface area contributed by atoms with Crippen LogP contribution in [0.5, 0.6) is 0 Å². The van der Waals surface area contributed by atoms with E-state index in [4.69, 9.17) is 0 Å². The molecular weight excluding hydrogens is 397 g/mol. The van der Waals surface area contributed by atoms with Crippen LogP contribution in [0.4, 0.5) is 13.2 Å². The number of carbonyl (C=O) groups is 1. The largest absolute Gasteiger partial charge is 0.446 e. The van der Waals surface area contributed by atoms with E-state index < -0.39 is 10.3 Å². The molecule has 1 aromatic carbocycles. The van der Waals surface area contributed by atoms with Gasteiger partial charge in [-0.3, -0.25) is 4.79 Å². The van der Waals surface area contributed by atoms with Crippen molar-refractivity contribution < 1.29 is 18.0 Å². The fourth-order valence-electron chi connectivity index (χ4n) is 1.35. The third kappa shape index (κ3) is 4.59. The minimum atomic E-state index is -4.33. The Hall–Kier alpha value is -0.0100. The van der Waals surface area contributed by atoms with E-state index in [1.54, 1.807) is 6.07 Å². The molecule has 1 aromatic rings. The topological polar surface area (TPSA) is 17.1 Å². The highest BCUT2D eigenvalue weighted by Crippen LogP contribution is 2.39. The molecule has 1 atom stereocenters. The Kier molecular flexibility index (Phi) is 5.73. The Bertz CT molecular complexity index is 448. The van der Waals surface area contributed by atoms with Crippen LogP contribution in [-0.2, 0) is 10.1 Å². The first-order chi connectivity index (χ1) is 8.24. The van der Waals surface area contributed by atoms with Gasteiger partial charge in [0.25, 0.3) is 0 Å². The average molecular weight is 406 g/mol. The summed E-state index contributed by atoms with van der Waals surface area (Å²) < 4.78 is 36.9. The molecule has 18 heavy (non-hydrogen) atoms. The van der Waals surface area contributed by atoms with Crippen molar-refractivity contribution in [1.82, 2.24) is 0 Å². The number of rotatable bonds is 4. The second-order valence-electron chi connectivity index (χ2n) is 3.52. The van der Waals surface area contributed by atoms with Crippen molar-refractivity contribution in [3.05, 3.63) is 29.3 Å². The van der Waals surface area contributed by atoms with Gasteiger partial charge in [-0.25, -0.2) is 0 Å². The molecule has 0 aliphatic heterocycles. The summed E-state index contributed by atoms with van der Waals surface area (Å²) in [5.74, 6) is -0.147. The number of benzene rings is 1. The number of halogens is 5. The monoisotopic (exact) mass is 404 g/mol. The first-order valence-corrected chi connectivity index (χ1v) is 7.69. The van der Waals surface area contributed by atoms with Crippen molar-refractivity contribution in [2.24, 2.45) is 0 Å². The van der Waals surface area contributed by atoms with E-state index in [-0.39, 0.29) is 22.4 Å². The van der Waals surface area contributed by atoms with Crippen molar-refractivity contribution >= 4 is 49.4 Å². The van der Waals surface area contributed by atoms with Gasteiger partial charge >= 0.3 is 5.51 Å². The Labute approximate surface area is 124 Å². The lowest BCUT2D eigenvalue weighted by Crippen LogP contribution is -2.05. The molecule has 0 saturated carbocycles. The number of Topliss-reactive ketones (excluding diaryl/α,β-unsaturated/α-hetero) is 1. The molecule has 1 rings (SSSR count). The first kappa shape index (κ1) is 16.0. The van der Waals surface area contributed by atoms with Gasteiger partial charge < -0.3 is 0 Å². The summed E-state index contributed by atoms with van der Waals surface area (Å²) in [6, 6.07) is 4.39. The highest BCUT2D eigenvalue weighted by molar-refractivity contribution is 9.09. The molecule has 0 aliphatic rings. The van der Waals surface area contributed by atoms with Gasteiger partial charge in [0.1, 0.15) is 5.78 Å². The Morgan fingerprint density at radius 1 is 1.44 bits per heavy atom. The van der Waals surface area contributed by atoms with Crippen LogP contribution in [0.15, 0.2) is 23.1 Å². The molecule has 0 N–H and O–H groups in total. The quantitative estimate of drug-likeness (QED) is 0.504. The summed E-state index contributed by atoms with van der Waals surface area (Å²) >= 11 is 6.26. The number of ketones is 1. The number of alkyl halides is 5. The van der Waals surface area contributed by atoms with Crippen LogP contribution < -0.4 is 0 Å². The molecule has 0 aliphatic carbocycles. The molecule has 0 spiro atoms. The van der Waals surface area contributed by atoms with Crippen molar-refractivity contribution in [2.45, 2.75) is 27.5 Å². The standard InChI is InChI=1S/C11H9Br2F3OS/c1-6(17)10(13)9-4-8(18-11(14,15)16)3-2-7(9)5-12/h2-4,10H,5H2,1H3. The molecule has 0 aromatic heterocycles. The van der Waals surface area contributed by atoms with Crippen LogP contribution in [0.3, 0.4) is 0 Å². The maximum Gasteiger partial charge on any atom is 0.446 e. The summed E-state index contributed by atoms with van der Waals surface area (Å²) in [5.41, 5.74) is -2.97. The molecule has 0 amide bonds. The second-order valence-corrected chi connectivity index (χ2v) is 6.13. The highest BCUT2D eigenvalue weighted by atomic mass is 79.9. The first-order valence-electron chi connectivity index (χ1n) is 4.83. The third-order valence-electron chi connectivity index (χ3n) is 2.12. The molecule has 100 valence electrons. The fourth-order valence-corrected chi connectivity index (χ4v) is 2.87. The van der Waals surface area contributed by atoms with Crippen LogP contribution in [0.2, 0.25) is 0 Å². The molecule has 0 heterocycles. The van der Waals surface area contributed by atoms with Crippen molar-refractivity contribution in [2.75, 3.05) is 0 Å². The van der Waals surface area contributed by atoms with E-state index in [2.05, 4.69) is 31.9 Å². The molecule has 0 saturated heterocycles. The Morgan fingerprint density at radius 2 is 2.06 bits per heavy atom. The smallest absolute Gasteiger partial charge is 0.298 e. The maximum atomic E-state index is 12.3. The van der Waals surface area contributed by atoms with Crippen LogP contribution in [0, 0.1) is 0 Å². The predicted molar refractivity (Wildman–Crippen MR) is 73.3 cm³/mol. The number of hydrogen-bond donors (Lipinski definition) is 0. The van der Waals surface area contributed by atoms with Crippen LogP contribution in [0.1, 0.15) is 22.9 Å². The number of carbonyl (C=O) groups excluding carboxylic acids is 1. The lowest BCUT2D eigenvalue weighted by molar-refractivity contribution is -0.116. The molecule has 0 radical (unpaired) electrons. The lowest BCUT2D eigenvalue weighted by Gasteiger charge is -2.14. The van der Waals surface area contributed by atoms with Gasteiger partial charge in [0.2, 0.25) is 0 Å². The third-order valence-corrected chi connectivity index (χ3v) is 4.59. The minimum absolute atomic E-state index is 0.0768. The highest BCUT2D eigenvalue weighted by Gasteiger charge is 2.30. The van der Waals surface area contributed by atoms with E-state index in [0.717, 1.165) is 5.56 Å². The van der Waals surface area contributed by atoms with Gasteiger partial charge in [-0.05, 0) is 41.9 Å². The van der Waals surface area contributed by atoms with Gasteiger partial charge in [-0.2, -0.15) is 13.2 Å². The fraction of sp³-hybridized carbons (Fsp3) is 0.364. The van der Waals surface area contributed by atoms with E-state index in [1.165, 1.54) is 19.1 Å². The summed E-state index contributed by atoms with van der Waals surface area (Å²) in [6.45, 7) is 1.39. The van der Waals surface area contributed by atoms with Gasteiger partial charge in [0.15, 0.2) is 0 Å². The molecular formula is C11H9Br2F3OS. The van der Waals surface area contributed by atoms with Crippen LogP contribution in [0.25, 0.3) is 0 Å². The van der Waals surface area contributed by atoms with E-state index in [0.29, 0.717) is 10.9 Å². The molecule has 1 nitrogen and oxygen atoms in total. The van der Waals surface area contributed by atoms with E-state index >= 15 is 0 Å². The predicted octanol–water partition coefficient (Wildman–Crippen LogP) is 5.22. The molecule has 7 heteroatoms. The van der Waals surface area contributed by atoms with Crippen molar-refractivity contribution in [3.63, 3.8) is 0 Å². The number of thioether (sulfide) groups is 1. The second kappa shape index (κ2) is 6.43. The SMILES string of the molecule is CC(=O)C(Br)c1cc(SC(F)(F)F)ccc1CBr. The Morgan fingerprint density at radius 3 is 2.50 bits per heavy atom. The number of hydrogen-bond acceptors (Lipinski definition) is 2. The lowest BCUT2D eigenvalue weighted by atomic mass is 10.0. The summed E-state index contributed by atoms with van der Waals surface area (Å²) in [4.78, 5) is 10.8. The van der Waals surface area contributed by atoms with Crippen LogP contribution >= 0.6 is 43.6 Å². The zero-order chi connectivity index (χ0) is 13.9. The minimum Gasteiger partial charge on any atom is -0.298 e. The zero-order valence-corrected chi connectivity index (χ0v) is 13.2.